The van der Waals surface area contributed by atoms with Gasteiger partial charge < -0.3 is 5.32 Å². The van der Waals surface area contributed by atoms with Gasteiger partial charge in [-0.15, -0.1) is 5.10 Å². The molecule has 0 atom stereocenters. The summed E-state index contributed by atoms with van der Waals surface area (Å²) >= 11 is 13.1. The zero-order valence-corrected chi connectivity index (χ0v) is 20.4. The number of nitriles is 1. The van der Waals surface area contributed by atoms with Gasteiger partial charge in [0.2, 0.25) is 5.16 Å². The van der Waals surface area contributed by atoms with Crippen molar-refractivity contribution in [3.63, 3.8) is 0 Å². The molecule has 0 saturated carbocycles. The van der Waals surface area contributed by atoms with Crippen molar-refractivity contribution in [1.82, 2.24) is 15.2 Å². The van der Waals surface area contributed by atoms with E-state index in [9.17, 15) is 20.2 Å². The van der Waals surface area contributed by atoms with Gasteiger partial charge in [0, 0.05) is 22.3 Å². The van der Waals surface area contributed by atoms with Gasteiger partial charge in [-0.25, -0.2) is 4.98 Å². The Kier molecular flexibility index (Phi) is 7.65. The van der Waals surface area contributed by atoms with Crippen molar-refractivity contribution < 1.29 is 9.72 Å². The van der Waals surface area contributed by atoms with Crippen LogP contribution >= 0.6 is 35.0 Å². The maximum absolute atomic E-state index is 12.5. The largest absolute Gasteiger partial charge is 0.321 e. The molecular weight excluding hydrogens is 523 g/mol. The average Bonchev–Trinajstić information content (AvgIpc) is 3.31. The number of aromatic nitrogens is 3. The Bertz CT molecular complexity index is 1530. The first-order valence-corrected chi connectivity index (χ1v) is 11.7. The van der Waals surface area contributed by atoms with Crippen LogP contribution in [0.1, 0.15) is 5.56 Å². The molecule has 1 amide bonds. The Morgan fingerprint density at radius 3 is 2.61 bits per heavy atom. The van der Waals surface area contributed by atoms with Crippen LogP contribution in [-0.4, -0.2) is 26.0 Å². The van der Waals surface area contributed by atoms with Gasteiger partial charge in [0.1, 0.15) is 11.6 Å². The van der Waals surface area contributed by atoms with Crippen molar-refractivity contribution in [3.05, 3.63) is 98.0 Å². The Hall–Kier alpha value is -4.17. The second kappa shape index (κ2) is 11.0. The fourth-order valence-electron chi connectivity index (χ4n) is 3.08. The summed E-state index contributed by atoms with van der Waals surface area (Å²) in [6.45, 7) is 0. The van der Waals surface area contributed by atoms with Gasteiger partial charge in [0.25, 0.3) is 11.6 Å². The molecule has 4 aromatic rings. The van der Waals surface area contributed by atoms with E-state index in [1.54, 1.807) is 54.6 Å². The highest BCUT2D eigenvalue weighted by Crippen LogP contribution is 2.36. The van der Waals surface area contributed by atoms with Crippen molar-refractivity contribution in [2.45, 2.75) is 10.1 Å². The van der Waals surface area contributed by atoms with Gasteiger partial charge in [-0.05, 0) is 59.8 Å². The minimum absolute atomic E-state index is 0.202. The first-order chi connectivity index (χ1) is 17.3. The highest BCUT2D eigenvalue weighted by Gasteiger charge is 2.19. The maximum Gasteiger partial charge on any atom is 0.283 e. The summed E-state index contributed by atoms with van der Waals surface area (Å²) in [5.41, 5.74) is 0.979. The van der Waals surface area contributed by atoms with Gasteiger partial charge >= 0.3 is 0 Å². The second-order valence-corrected chi connectivity index (χ2v) is 9.02. The zero-order valence-electron chi connectivity index (χ0n) is 18.1. The lowest BCUT2D eigenvalue weighted by Crippen LogP contribution is -2.13. The van der Waals surface area contributed by atoms with Crippen LogP contribution in [0.3, 0.4) is 0 Å². The summed E-state index contributed by atoms with van der Waals surface area (Å²) in [4.78, 5) is 28.3. The van der Waals surface area contributed by atoms with Crippen LogP contribution in [0.25, 0.3) is 17.5 Å². The molecule has 1 aromatic heterocycles. The first-order valence-electron chi connectivity index (χ1n) is 10.2. The summed E-state index contributed by atoms with van der Waals surface area (Å²) in [5, 5.41) is 31.8. The number of nitrogens with zero attached hydrogens (tertiary/aromatic N) is 4. The monoisotopic (exact) mass is 536 g/mol. The number of anilines is 1. The Balaban J connectivity index is 1.57. The second-order valence-electron chi connectivity index (χ2n) is 7.17. The molecule has 12 heteroatoms. The third-order valence-corrected chi connectivity index (χ3v) is 6.22. The van der Waals surface area contributed by atoms with E-state index in [2.05, 4.69) is 20.5 Å². The highest BCUT2D eigenvalue weighted by molar-refractivity contribution is 7.99. The quantitative estimate of drug-likeness (QED) is 0.121. The Morgan fingerprint density at radius 1 is 1.14 bits per heavy atom. The lowest BCUT2D eigenvalue weighted by Gasteiger charge is -2.05. The van der Waals surface area contributed by atoms with Gasteiger partial charge in [-0.2, -0.15) is 5.26 Å². The number of carbonyl (C=O) groups is 1. The molecule has 0 saturated heterocycles. The lowest BCUT2D eigenvalue weighted by atomic mass is 10.1. The smallest absolute Gasteiger partial charge is 0.283 e. The van der Waals surface area contributed by atoms with Gasteiger partial charge in [0.05, 0.1) is 14.8 Å². The minimum Gasteiger partial charge on any atom is -0.321 e. The van der Waals surface area contributed by atoms with Crippen LogP contribution in [-0.2, 0) is 4.79 Å². The number of rotatable bonds is 7. The van der Waals surface area contributed by atoms with Crippen LogP contribution in [0.4, 0.5) is 11.4 Å². The zero-order chi connectivity index (χ0) is 25.7. The molecule has 0 aliphatic heterocycles. The fourth-order valence-corrected chi connectivity index (χ4v) is 4.38. The van der Waals surface area contributed by atoms with Crippen molar-refractivity contribution in [2.24, 2.45) is 0 Å². The number of para-hydroxylation sites is 1. The van der Waals surface area contributed by atoms with Gasteiger partial charge in [0.15, 0.2) is 5.82 Å². The predicted octanol–water partition coefficient (Wildman–Crippen LogP) is 6.38. The summed E-state index contributed by atoms with van der Waals surface area (Å²) in [6, 6.07) is 19.7. The van der Waals surface area contributed by atoms with E-state index in [0.717, 1.165) is 11.8 Å². The average molecular weight is 537 g/mol. The maximum atomic E-state index is 12.5. The van der Waals surface area contributed by atoms with Crippen LogP contribution in [0.15, 0.2) is 82.4 Å². The number of carbonyl (C=O) groups excluding carboxylic acids is 1. The van der Waals surface area contributed by atoms with E-state index in [-0.39, 0.29) is 21.3 Å². The summed E-state index contributed by atoms with van der Waals surface area (Å²) < 4.78 is 0. The Morgan fingerprint density at radius 2 is 1.92 bits per heavy atom. The number of hydrogen-bond donors (Lipinski definition) is 2. The third kappa shape index (κ3) is 5.90. The molecule has 1 heterocycles. The molecule has 2 N–H and O–H groups in total. The van der Waals surface area contributed by atoms with E-state index in [4.69, 9.17) is 23.2 Å². The number of halogens is 2. The Labute approximate surface area is 218 Å². The van der Waals surface area contributed by atoms with Crippen LogP contribution in [0, 0.1) is 21.4 Å². The van der Waals surface area contributed by atoms with Crippen molar-refractivity contribution in [3.8, 4) is 17.5 Å². The molecular formula is C24H14Cl2N6O3S. The number of nitro groups is 1. The number of aromatic amines is 1. The number of nitro benzene ring substituents is 1. The van der Waals surface area contributed by atoms with Gasteiger partial charge in [-0.3, -0.25) is 20.0 Å². The molecule has 0 fully saturated rings. The molecule has 178 valence electrons. The molecule has 0 unspecified atom stereocenters. The highest BCUT2D eigenvalue weighted by atomic mass is 35.5. The predicted molar refractivity (Wildman–Crippen MR) is 138 cm³/mol. The topological polar surface area (TPSA) is 138 Å². The van der Waals surface area contributed by atoms with E-state index in [0.29, 0.717) is 32.7 Å². The molecule has 0 aliphatic rings. The summed E-state index contributed by atoms with van der Waals surface area (Å²) in [6.07, 6.45) is 1.28. The summed E-state index contributed by atoms with van der Waals surface area (Å²) in [5.74, 6) is -0.247. The van der Waals surface area contributed by atoms with Crippen molar-refractivity contribution in [2.75, 3.05) is 5.32 Å². The third-order valence-electron chi connectivity index (χ3n) is 4.74. The molecule has 0 bridgehead atoms. The van der Waals surface area contributed by atoms with Crippen LogP contribution in [0.5, 0.6) is 0 Å². The minimum atomic E-state index is -0.626. The molecule has 36 heavy (non-hydrogen) atoms. The van der Waals surface area contributed by atoms with E-state index in [1.165, 1.54) is 18.2 Å². The normalized spacial score (nSPS) is 11.1. The van der Waals surface area contributed by atoms with Gasteiger partial charge in [-0.1, -0.05) is 47.5 Å². The molecule has 0 spiro atoms. The lowest BCUT2D eigenvalue weighted by molar-refractivity contribution is -0.387. The number of benzene rings is 3. The molecule has 0 radical (unpaired) electrons. The molecule has 4 rings (SSSR count). The molecule has 9 nitrogen and oxygen atoms in total. The molecule has 0 aliphatic carbocycles. The fraction of sp³-hybridized carbons (Fsp3) is 0. The van der Waals surface area contributed by atoms with Crippen LogP contribution < -0.4 is 5.32 Å². The van der Waals surface area contributed by atoms with Crippen LogP contribution in [0.2, 0.25) is 10.0 Å². The first kappa shape index (κ1) is 24.9. The standard InChI is InChI=1S/C24H14Cl2N6O3S/c25-16-7-8-18(19(26)12-16)22-29-24(31-30-22)36-21-9-6-14(11-20(21)32(34)35)10-15(13-27)23(33)28-17-4-2-1-3-5-17/h1-12H,(H,28,33)(H,29,30,31)/b15-10+. The number of amides is 1. The number of nitrogens with one attached hydrogen (secondary N) is 2. The SMILES string of the molecule is N#C/C(=C\c1ccc(Sc2n[nH]c(-c3ccc(Cl)cc3Cl)n2)c([N+](=O)[O-])c1)C(=O)Nc1ccccc1. The van der Waals surface area contributed by atoms with E-state index in [1.807, 2.05) is 6.07 Å². The van der Waals surface area contributed by atoms with E-state index < -0.39 is 10.8 Å². The van der Waals surface area contributed by atoms with Crippen molar-refractivity contribution in [1.29, 1.82) is 5.26 Å². The van der Waals surface area contributed by atoms with E-state index >= 15 is 0 Å². The van der Waals surface area contributed by atoms with Crippen molar-refractivity contribution >= 4 is 58.3 Å². The summed E-state index contributed by atoms with van der Waals surface area (Å²) in [7, 11) is 0. The molecule has 3 aromatic carbocycles. The number of hydrogen-bond acceptors (Lipinski definition) is 7. The number of H-pyrrole nitrogens is 1.